The number of hydrogen-bond acceptors (Lipinski definition) is 7. The molecular formula is C25H20ClN3O4S. The zero-order valence-electron chi connectivity index (χ0n) is 18.1. The van der Waals surface area contributed by atoms with Gasteiger partial charge >= 0.3 is 11.9 Å². The fourth-order valence-electron chi connectivity index (χ4n) is 9.14. The Morgan fingerprint density at radius 2 is 1.88 bits per heavy atom. The lowest BCUT2D eigenvalue weighted by Crippen LogP contribution is -3.11. The number of carboxylic acid groups (broad SMARTS) is 1. The number of ether oxygens (including phenoxy) is 1. The molecule has 2 heterocycles. The quantitative estimate of drug-likeness (QED) is 0.597. The first-order valence-corrected chi connectivity index (χ1v) is 12.9. The Hall–Kier alpha value is -2.71. The van der Waals surface area contributed by atoms with Crippen LogP contribution < -0.4 is 5.32 Å². The summed E-state index contributed by atoms with van der Waals surface area (Å²) in [6, 6.07) is 6.84. The molecule has 7 nitrogen and oxygen atoms in total. The average molecular weight is 494 g/mol. The van der Waals surface area contributed by atoms with Crippen LogP contribution in [-0.4, -0.2) is 34.5 Å². The SMILES string of the molecule is CCOC(=O)C1=C(C23C4C5C2C2C3C4C52C(=O)O)NC(c2nccs2)=NC1c1ccccc1Cl. The predicted molar refractivity (Wildman–Crippen MR) is 123 cm³/mol. The number of rotatable bonds is 6. The maximum Gasteiger partial charge on any atom is 0.338 e. The molecule has 6 saturated carbocycles. The molecule has 6 fully saturated rings. The second-order valence-corrected chi connectivity index (χ2v) is 11.5. The Balaban J connectivity index is 1.30. The first-order chi connectivity index (χ1) is 16.5. The summed E-state index contributed by atoms with van der Waals surface area (Å²) in [7, 11) is 0. The van der Waals surface area contributed by atoms with Gasteiger partial charge in [0.1, 0.15) is 6.04 Å². The lowest BCUT2D eigenvalue weighted by molar-refractivity contribution is -0.633. The Morgan fingerprint density at radius 3 is 2.47 bits per heavy atom. The van der Waals surface area contributed by atoms with Gasteiger partial charge in [-0.3, -0.25) is 9.79 Å². The third kappa shape index (κ3) is 1.68. The van der Waals surface area contributed by atoms with Gasteiger partial charge in [-0.05, 0) is 48.5 Å². The fourth-order valence-corrected chi connectivity index (χ4v) is 9.97. The molecule has 34 heavy (non-hydrogen) atoms. The van der Waals surface area contributed by atoms with E-state index in [2.05, 4.69) is 10.3 Å². The summed E-state index contributed by atoms with van der Waals surface area (Å²) in [4.78, 5) is 34.9. The number of allylic oxidation sites excluding steroid dienone is 1. The molecular weight excluding hydrogens is 474 g/mol. The highest BCUT2D eigenvalue weighted by molar-refractivity contribution is 7.11. The Kier molecular flexibility index (Phi) is 3.41. The molecule has 172 valence electrons. The van der Waals surface area contributed by atoms with Gasteiger partial charge in [-0.1, -0.05) is 29.8 Å². The van der Waals surface area contributed by atoms with E-state index in [1.165, 1.54) is 11.3 Å². The number of aliphatic imine (C=N–C) groups is 1. The van der Waals surface area contributed by atoms with Crippen LogP contribution in [0.2, 0.25) is 5.02 Å². The molecule has 6 aliphatic carbocycles. The van der Waals surface area contributed by atoms with Crippen molar-refractivity contribution in [2.75, 3.05) is 6.61 Å². The van der Waals surface area contributed by atoms with Crippen LogP contribution in [0.4, 0.5) is 0 Å². The standard InChI is InChI=1S/C25H20ClN3O4S/c1-2-33-22(30)11-18(9-5-3-4-6-10(9)26)28-20(21-27-7-8-34-21)29-19(11)24-12-15-13(24)17-14(24)16(12)25(15,17)23(31)32/h3-8,12-18H,2H2,1H3,(H,28,29)(H,31,32). The van der Waals surface area contributed by atoms with Crippen molar-refractivity contribution in [1.29, 1.82) is 0 Å². The van der Waals surface area contributed by atoms with Gasteiger partial charge in [0.25, 0.3) is 0 Å². The zero-order chi connectivity index (χ0) is 23.1. The summed E-state index contributed by atoms with van der Waals surface area (Å²) in [6.07, 6.45) is 1.74. The topological polar surface area (TPSA) is 101 Å². The maximum absolute atomic E-state index is 13.5. The molecule has 1 aliphatic heterocycles. The number of carbonyl (C=O) groups is 2. The highest BCUT2D eigenvalue weighted by Gasteiger charge is 3.12. The highest BCUT2D eigenvalue weighted by atomic mass is 35.5. The van der Waals surface area contributed by atoms with Crippen LogP contribution in [0.25, 0.3) is 0 Å². The molecule has 1 atom stereocenters. The number of halogens is 1. The third-order valence-electron chi connectivity index (χ3n) is 9.81. The first-order valence-electron chi connectivity index (χ1n) is 11.6. The largest absolute Gasteiger partial charge is 0.481 e. The number of amidine groups is 1. The van der Waals surface area contributed by atoms with Gasteiger partial charge in [0, 0.05) is 33.3 Å². The minimum absolute atomic E-state index is 0.169. The average Bonchev–Trinajstić information content (AvgIpc) is 3.38. The van der Waals surface area contributed by atoms with E-state index in [1.807, 2.05) is 23.6 Å². The van der Waals surface area contributed by atoms with E-state index in [0.717, 1.165) is 16.3 Å². The summed E-state index contributed by atoms with van der Waals surface area (Å²) < 4.78 is 5.55. The summed E-state index contributed by atoms with van der Waals surface area (Å²) in [5, 5.41) is 16.6. The number of esters is 1. The number of nitrogens with zero attached hydrogens (tertiary/aromatic N) is 2. The Morgan fingerprint density at radius 1 is 1.18 bits per heavy atom. The van der Waals surface area contributed by atoms with Crippen molar-refractivity contribution in [2.24, 2.45) is 51.3 Å². The number of carboxylic acids is 1. The molecule has 9 heteroatoms. The molecule has 2 aromatic rings. The van der Waals surface area contributed by atoms with Crippen molar-refractivity contribution in [3.63, 3.8) is 0 Å². The lowest BCUT2D eigenvalue weighted by Gasteiger charge is -3.10. The lowest BCUT2D eigenvalue weighted by atomic mass is 8.92. The molecule has 0 radical (unpaired) electrons. The molecule has 2 N–H and O–H groups in total. The van der Waals surface area contributed by atoms with Gasteiger partial charge in [0.15, 0.2) is 10.8 Å². The van der Waals surface area contributed by atoms with E-state index in [9.17, 15) is 14.7 Å². The number of nitrogens with one attached hydrogen (secondary N) is 1. The number of aliphatic carboxylic acids is 1. The van der Waals surface area contributed by atoms with Gasteiger partial charge < -0.3 is 15.2 Å². The maximum atomic E-state index is 13.5. The van der Waals surface area contributed by atoms with Crippen LogP contribution in [0.1, 0.15) is 23.5 Å². The van der Waals surface area contributed by atoms with Gasteiger partial charge in [0.05, 0.1) is 17.6 Å². The predicted octanol–water partition coefficient (Wildman–Crippen LogP) is 3.53. The number of carbonyl (C=O) groups excluding carboxylic acids is 1. The van der Waals surface area contributed by atoms with Crippen LogP contribution in [0, 0.1) is 46.3 Å². The minimum Gasteiger partial charge on any atom is -0.481 e. The van der Waals surface area contributed by atoms with Gasteiger partial charge in [-0.2, -0.15) is 0 Å². The summed E-state index contributed by atoms with van der Waals surface area (Å²) in [5.41, 5.74) is 1.49. The number of thiazole rings is 1. The molecule has 1 aromatic carbocycles. The summed E-state index contributed by atoms with van der Waals surface area (Å²) >= 11 is 8.09. The fraction of sp³-hybridized carbons (Fsp3) is 0.440. The van der Waals surface area contributed by atoms with E-state index in [-0.39, 0.29) is 29.8 Å². The van der Waals surface area contributed by atoms with Crippen molar-refractivity contribution in [3.8, 4) is 0 Å². The number of hydrogen-bond donors (Lipinski definition) is 2. The Labute approximate surface area is 203 Å². The number of benzene rings is 1. The molecule has 9 rings (SSSR count). The van der Waals surface area contributed by atoms with Crippen LogP contribution in [0.15, 0.2) is 52.1 Å². The third-order valence-corrected chi connectivity index (χ3v) is 10.9. The van der Waals surface area contributed by atoms with Gasteiger partial charge in [-0.15, -0.1) is 11.3 Å². The van der Waals surface area contributed by atoms with E-state index < -0.39 is 23.4 Å². The molecule has 0 spiro atoms. The van der Waals surface area contributed by atoms with Crippen molar-refractivity contribution in [1.82, 2.24) is 10.3 Å². The molecule has 7 aliphatic rings. The van der Waals surface area contributed by atoms with Crippen molar-refractivity contribution in [2.45, 2.75) is 13.0 Å². The van der Waals surface area contributed by atoms with Crippen LogP contribution in [0.3, 0.4) is 0 Å². The van der Waals surface area contributed by atoms with Crippen LogP contribution in [-0.2, 0) is 14.3 Å². The van der Waals surface area contributed by atoms with E-state index in [1.54, 1.807) is 19.2 Å². The second kappa shape index (κ2) is 5.91. The monoisotopic (exact) mass is 493 g/mol. The highest BCUT2D eigenvalue weighted by Crippen LogP contribution is 3.11. The van der Waals surface area contributed by atoms with Crippen molar-refractivity contribution >= 4 is 40.7 Å². The molecule has 1 aromatic heterocycles. The first kappa shape index (κ1) is 19.6. The molecule has 0 amide bonds. The van der Waals surface area contributed by atoms with Crippen LogP contribution >= 0.6 is 22.9 Å². The van der Waals surface area contributed by atoms with Crippen molar-refractivity contribution < 1.29 is 19.4 Å². The van der Waals surface area contributed by atoms with E-state index >= 15 is 0 Å². The molecule has 0 saturated heterocycles. The second-order valence-electron chi connectivity index (χ2n) is 10.2. The number of aromatic nitrogens is 1. The summed E-state index contributed by atoms with van der Waals surface area (Å²) in [5.74, 6) is 1.29. The normalized spacial score (nSPS) is 43.1. The minimum atomic E-state index is -0.625. The smallest absolute Gasteiger partial charge is 0.338 e. The van der Waals surface area contributed by atoms with Crippen LogP contribution in [0.5, 0.6) is 0 Å². The van der Waals surface area contributed by atoms with Gasteiger partial charge in [-0.25, -0.2) is 9.78 Å². The summed E-state index contributed by atoms with van der Waals surface area (Å²) in [6.45, 7) is 2.05. The van der Waals surface area contributed by atoms with Gasteiger partial charge in [0.2, 0.25) is 0 Å². The molecule has 1 unspecified atom stereocenters. The molecule has 0 bridgehead atoms. The zero-order valence-corrected chi connectivity index (χ0v) is 19.6. The van der Waals surface area contributed by atoms with E-state index in [0.29, 0.717) is 34.2 Å². The Bertz CT molecular complexity index is 1330. The van der Waals surface area contributed by atoms with E-state index in [4.69, 9.17) is 21.3 Å². The van der Waals surface area contributed by atoms with Crippen molar-refractivity contribution in [3.05, 3.63) is 62.7 Å².